The number of pyridine rings is 1. The number of aromatic amines is 1. The largest absolute Gasteiger partial charge is 0.345 e. The van der Waals surface area contributed by atoms with Crippen molar-refractivity contribution in [2.45, 2.75) is 0 Å². The van der Waals surface area contributed by atoms with Gasteiger partial charge in [0.25, 0.3) is 0 Å². The van der Waals surface area contributed by atoms with Crippen molar-refractivity contribution in [2.75, 3.05) is 0 Å². The SMILES string of the molecule is C=Cc1c[nH]c2nccc(Cl)c12. The van der Waals surface area contributed by atoms with Crippen molar-refractivity contribution in [1.82, 2.24) is 9.97 Å². The van der Waals surface area contributed by atoms with Gasteiger partial charge in [-0.2, -0.15) is 0 Å². The van der Waals surface area contributed by atoms with Gasteiger partial charge in [0.1, 0.15) is 5.65 Å². The third kappa shape index (κ3) is 0.924. The molecule has 2 heterocycles. The van der Waals surface area contributed by atoms with Crippen LogP contribution in [0.2, 0.25) is 5.02 Å². The number of nitrogens with one attached hydrogen (secondary N) is 1. The molecule has 60 valence electrons. The van der Waals surface area contributed by atoms with Crippen LogP contribution in [0.15, 0.2) is 25.0 Å². The first-order valence-corrected chi connectivity index (χ1v) is 3.95. The molecule has 0 saturated carbocycles. The summed E-state index contributed by atoms with van der Waals surface area (Å²) >= 11 is 5.97. The van der Waals surface area contributed by atoms with Crippen molar-refractivity contribution in [3.8, 4) is 0 Å². The van der Waals surface area contributed by atoms with E-state index in [0.717, 1.165) is 16.6 Å². The first-order chi connectivity index (χ1) is 5.83. The van der Waals surface area contributed by atoms with Crippen LogP contribution in [0.25, 0.3) is 17.1 Å². The monoisotopic (exact) mass is 178 g/mol. The lowest BCUT2D eigenvalue weighted by Gasteiger charge is -1.93. The normalized spacial score (nSPS) is 10.4. The summed E-state index contributed by atoms with van der Waals surface area (Å²) in [6.45, 7) is 3.69. The molecule has 0 fully saturated rings. The number of aromatic nitrogens is 2. The quantitative estimate of drug-likeness (QED) is 0.715. The predicted molar refractivity (Wildman–Crippen MR) is 51.2 cm³/mol. The minimum Gasteiger partial charge on any atom is -0.345 e. The van der Waals surface area contributed by atoms with E-state index in [9.17, 15) is 0 Å². The maximum Gasteiger partial charge on any atom is 0.139 e. The van der Waals surface area contributed by atoms with Gasteiger partial charge in [0.15, 0.2) is 0 Å². The van der Waals surface area contributed by atoms with Crippen LogP contribution in [0.1, 0.15) is 5.56 Å². The predicted octanol–water partition coefficient (Wildman–Crippen LogP) is 2.86. The van der Waals surface area contributed by atoms with E-state index in [4.69, 9.17) is 11.6 Å². The van der Waals surface area contributed by atoms with Gasteiger partial charge in [-0.05, 0) is 6.07 Å². The Morgan fingerprint density at radius 2 is 2.42 bits per heavy atom. The Morgan fingerprint density at radius 3 is 3.17 bits per heavy atom. The van der Waals surface area contributed by atoms with Gasteiger partial charge in [0.05, 0.1) is 5.02 Å². The Morgan fingerprint density at radius 1 is 1.58 bits per heavy atom. The molecular formula is C9H7ClN2. The van der Waals surface area contributed by atoms with E-state index in [1.165, 1.54) is 0 Å². The Kier molecular flexibility index (Phi) is 1.62. The molecule has 0 bridgehead atoms. The molecule has 0 aromatic carbocycles. The topological polar surface area (TPSA) is 28.7 Å². The lowest BCUT2D eigenvalue weighted by molar-refractivity contribution is 1.33. The molecule has 2 aromatic rings. The number of hydrogen-bond donors (Lipinski definition) is 1. The molecule has 0 saturated heterocycles. The fraction of sp³-hybridized carbons (Fsp3) is 0. The summed E-state index contributed by atoms with van der Waals surface area (Å²) in [5.74, 6) is 0. The maximum absolute atomic E-state index is 5.97. The van der Waals surface area contributed by atoms with Gasteiger partial charge < -0.3 is 4.98 Å². The van der Waals surface area contributed by atoms with Crippen LogP contribution in [0, 0.1) is 0 Å². The lowest BCUT2D eigenvalue weighted by atomic mass is 10.2. The summed E-state index contributed by atoms with van der Waals surface area (Å²) in [7, 11) is 0. The van der Waals surface area contributed by atoms with Gasteiger partial charge in [0.2, 0.25) is 0 Å². The Hall–Kier alpha value is -1.28. The van der Waals surface area contributed by atoms with Crippen molar-refractivity contribution < 1.29 is 0 Å². The van der Waals surface area contributed by atoms with Crippen molar-refractivity contribution in [3.63, 3.8) is 0 Å². The second-order valence-electron chi connectivity index (χ2n) is 2.46. The van der Waals surface area contributed by atoms with Crippen LogP contribution in [-0.2, 0) is 0 Å². The van der Waals surface area contributed by atoms with Crippen LogP contribution in [-0.4, -0.2) is 9.97 Å². The van der Waals surface area contributed by atoms with Crippen molar-refractivity contribution >= 4 is 28.7 Å². The van der Waals surface area contributed by atoms with Crippen molar-refractivity contribution in [2.24, 2.45) is 0 Å². The number of nitrogens with zero attached hydrogens (tertiary/aromatic N) is 1. The van der Waals surface area contributed by atoms with E-state index >= 15 is 0 Å². The first kappa shape index (κ1) is 7.37. The third-order valence-electron chi connectivity index (χ3n) is 1.77. The highest BCUT2D eigenvalue weighted by atomic mass is 35.5. The second kappa shape index (κ2) is 2.64. The van der Waals surface area contributed by atoms with Gasteiger partial charge in [-0.15, -0.1) is 0 Å². The van der Waals surface area contributed by atoms with Crippen LogP contribution in [0.3, 0.4) is 0 Å². The summed E-state index contributed by atoms with van der Waals surface area (Å²) in [5, 5.41) is 1.64. The molecule has 0 atom stereocenters. The van der Waals surface area contributed by atoms with E-state index in [0.29, 0.717) is 5.02 Å². The van der Waals surface area contributed by atoms with Crippen LogP contribution < -0.4 is 0 Å². The highest BCUT2D eigenvalue weighted by Crippen LogP contribution is 2.25. The minimum atomic E-state index is 0.705. The van der Waals surface area contributed by atoms with Crippen LogP contribution >= 0.6 is 11.6 Å². The van der Waals surface area contributed by atoms with Crippen LogP contribution in [0.5, 0.6) is 0 Å². The van der Waals surface area contributed by atoms with Gasteiger partial charge >= 0.3 is 0 Å². The summed E-state index contributed by atoms with van der Waals surface area (Å²) in [4.78, 5) is 7.14. The Labute approximate surface area is 74.9 Å². The van der Waals surface area contributed by atoms with Crippen molar-refractivity contribution in [3.05, 3.63) is 35.6 Å². The molecule has 1 N–H and O–H groups in total. The molecule has 2 nitrogen and oxygen atoms in total. The molecule has 12 heavy (non-hydrogen) atoms. The Bertz CT molecular complexity index is 431. The van der Waals surface area contributed by atoms with E-state index in [1.54, 1.807) is 18.3 Å². The number of hydrogen-bond acceptors (Lipinski definition) is 1. The zero-order chi connectivity index (χ0) is 8.55. The molecule has 0 amide bonds. The number of H-pyrrole nitrogens is 1. The van der Waals surface area contributed by atoms with Gasteiger partial charge in [-0.3, -0.25) is 0 Å². The average molecular weight is 179 g/mol. The van der Waals surface area contributed by atoms with Crippen molar-refractivity contribution in [1.29, 1.82) is 0 Å². The fourth-order valence-corrected chi connectivity index (χ4v) is 1.46. The zero-order valence-corrected chi connectivity index (χ0v) is 7.10. The number of rotatable bonds is 1. The molecule has 2 aromatic heterocycles. The number of fused-ring (bicyclic) bond motifs is 1. The molecule has 3 heteroatoms. The lowest BCUT2D eigenvalue weighted by Crippen LogP contribution is -1.75. The molecule has 0 spiro atoms. The molecule has 2 rings (SSSR count). The molecular weight excluding hydrogens is 172 g/mol. The highest BCUT2D eigenvalue weighted by Gasteiger charge is 2.04. The molecule has 0 unspecified atom stereocenters. The fourth-order valence-electron chi connectivity index (χ4n) is 1.20. The molecule has 0 aliphatic rings. The van der Waals surface area contributed by atoms with E-state index < -0.39 is 0 Å². The molecule has 0 aliphatic heterocycles. The average Bonchev–Trinajstić information content (AvgIpc) is 2.49. The Balaban J connectivity index is 2.91. The third-order valence-corrected chi connectivity index (χ3v) is 2.09. The van der Waals surface area contributed by atoms with Gasteiger partial charge in [0, 0.05) is 23.3 Å². The molecule has 0 radical (unpaired) electrons. The van der Waals surface area contributed by atoms with Gasteiger partial charge in [-0.25, -0.2) is 4.98 Å². The highest BCUT2D eigenvalue weighted by molar-refractivity contribution is 6.35. The maximum atomic E-state index is 5.97. The van der Waals surface area contributed by atoms with Crippen LogP contribution in [0.4, 0.5) is 0 Å². The standard InChI is InChI=1S/C9H7ClN2/c1-2-6-5-12-9-8(6)7(10)3-4-11-9/h2-5H,1H2,(H,11,12). The molecule has 0 aliphatic carbocycles. The minimum absolute atomic E-state index is 0.705. The second-order valence-corrected chi connectivity index (χ2v) is 2.87. The zero-order valence-electron chi connectivity index (χ0n) is 6.34. The number of halogens is 1. The summed E-state index contributed by atoms with van der Waals surface area (Å²) in [5.41, 5.74) is 1.79. The summed E-state index contributed by atoms with van der Waals surface area (Å²) in [6, 6.07) is 1.77. The smallest absolute Gasteiger partial charge is 0.139 e. The van der Waals surface area contributed by atoms with E-state index in [2.05, 4.69) is 16.5 Å². The van der Waals surface area contributed by atoms with E-state index in [1.807, 2.05) is 6.20 Å². The summed E-state index contributed by atoms with van der Waals surface area (Å²) < 4.78 is 0. The summed E-state index contributed by atoms with van der Waals surface area (Å²) in [6.07, 6.45) is 5.27. The first-order valence-electron chi connectivity index (χ1n) is 3.57. The van der Waals surface area contributed by atoms with Gasteiger partial charge in [-0.1, -0.05) is 24.3 Å². The van der Waals surface area contributed by atoms with E-state index in [-0.39, 0.29) is 0 Å².